The first-order chi connectivity index (χ1) is 13.2. The number of fused-ring (bicyclic) bond motifs is 1. The molecule has 3 amide bonds. The number of carbonyl (C=O) groups excluding carboxylic acids is 3. The summed E-state index contributed by atoms with van der Waals surface area (Å²) in [4.78, 5) is 39.0. The van der Waals surface area contributed by atoms with E-state index in [4.69, 9.17) is 10.5 Å². The number of benzene rings is 2. The number of hydrogen-bond donors (Lipinski definition) is 2. The summed E-state index contributed by atoms with van der Waals surface area (Å²) in [5.41, 5.74) is 6.56. The Morgan fingerprint density at radius 1 is 1.07 bits per heavy atom. The molecular weight excluding hydrogens is 394 g/mol. The minimum Gasteiger partial charge on any atom is -0.494 e. The average Bonchev–Trinajstić information content (AvgIpc) is 2.90. The molecule has 0 aliphatic carbocycles. The van der Waals surface area contributed by atoms with Crippen molar-refractivity contribution in [1.29, 1.82) is 0 Å². The zero-order chi connectivity index (χ0) is 20.5. The van der Waals surface area contributed by atoms with Crippen molar-refractivity contribution in [1.82, 2.24) is 5.32 Å². The second-order valence-corrected chi connectivity index (χ2v) is 7.30. The number of hydrogen-bond acceptors (Lipinski definition) is 5. The monoisotopic (exact) mass is 417 g/mol. The van der Waals surface area contributed by atoms with E-state index in [2.05, 4.69) is 5.32 Å². The molecule has 0 spiro atoms. The quantitative estimate of drug-likeness (QED) is 0.703. The van der Waals surface area contributed by atoms with Crippen molar-refractivity contribution in [3.63, 3.8) is 0 Å². The van der Waals surface area contributed by atoms with Gasteiger partial charge in [0.15, 0.2) is 0 Å². The van der Waals surface area contributed by atoms with E-state index in [0.29, 0.717) is 23.6 Å². The van der Waals surface area contributed by atoms with Gasteiger partial charge in [0.1, 0.15) is 5.75 Å². The molecule has 0 aromatic heterocycles. The molecular formula is C21H24ClN3O4. The van der Waals surface area contributed by atoms with Crippen LogP contribution in [0.4, 0.5) is 5.69 Å². The predicted octanol–water partition coefficient (Wildman–Crippen LogP) is 2.77. The number of rotatable bonds is 6. The number of imide groups is 1. The summed E-state index contributed by atoms with van der Waals surface area (Å²) in [5.74, 6) is -0.567. The van der Waals surface area contributed by atoms with Gasteiger partial charge >= 0.3 is 0 Å². The Labute approximate surface area is 175 Å². The number of carbonyl (C=O) groups is 3. The van der Waals surface area contributed by atoms with Crippen molar-refractivity contribution in [3.8, 4) is 5.75 Å². The van der Waals surface area contributed by atoms with Crippen molar-refractivity contribution in [2.45, 2.75) is 26.3 Å². The summed E-state index contributed by atoms with van der Waals surface area (Å²) in [6, 6.07) is 11.2. The molecule has 7 nitrogen and oxygen atoms in total. The first-order valence-corrected chi connectivity index (χ1v) is 9.04. The van der Waals surface area contributed by atoms with Gasteiger partial charge in [0.2, 0.25) is 0 Å². The number of ether oxygens (including phenoxy) is 1. The minimum atomic E-state index is -0.553. The molecule has 0 saturated carbocycles. The fourth-order valence-electron chi connectivity index (χ4n) is 2.88. The molecule has 0 saturated heterocycles. The van der Waals surface area contributed by atoms with Crippen LogP contribution in [0.5, 0.6) is 5.75 Å². The standard InChI is InChI=1S/C21H23N3O4.ClH/c1-4-28-15-8-6-14(7-9-15)24-19(26)16-10-5-13(11-17(16)20(24)27)18(25)23-12-21(2,3)22;/h5-11H,4,12,22H2,1-3H3,(H,23,25);1H. The number of anilines is 1. The Hall–Kier alpha value is -2.90. The van der Waals surface area contributed by atoms with Gasteiger partial charge in [0.05, 0.1) is 23.4 Å². The van der Waals surface area contributed by atoms with Crippen LogP contribution in [0, 0.1) is 0 Å². The number of nitrogens with one attached hydrogen (secondary N) is 1. The highest BCUT2D eigenvalue weighted by molar-refractivity contribution is 6.34. The van der Waals surface area contributed by atoms with Crippen LogP contribution < -0.4 is 20.7 Å². The second kappa shape index (κ2) is 8.63. The fraction of sp³-hybridized carbons (Fsp3) is 0.286. The van der Waals surface area contributed by atoms with Crippen LogP contribution >= 0.6 is 12.4 Å². The van der Waals surface area contributed by atoms with Gasteiger partial charge in [-0.15, -0.1) is 12.4 Å². The van der Waals surface area contributed by atoms with Gasteiger partial charge in [0.25, 0.3) is 17.7 Å². The third kappa shape index (κ3) is 4.75. The van der Waals surface area contributed by atoms with E-state index >= 15 is 0 Å². The van der Waals surface area contributed by atoms with E-state index in [1.165, 1.54) is 18.2 Å². The van der Waals surface area contributed by atoms with Crippen molar-refractivity contribution in [2.75, 3.05) is 18.1 Å². The Morgan fingerprint density at radius 3 is 2.28 bits per heavy atom. The average molecular weight is 418 g/mol. The van der Waals surface area contributed by atoms with E-state index in [9.17, 15) is 14.4 Å². The fourth-order valence-corrected chi connectivity index (χ4v) is 2.88. The summed E-state index contributed by atoms with van der Waals surface area (Å²) < 4.78 is 5.39. The Bertz CT molecular complexity index is 936. The smallest absolute Gasteiger partial charge is 0.266 e. The molecule has 0 fully saturated rings. The normalized spacial score (nSPS) is 13.0. The van der Waals surface area contributed by atoms with Crippen LogP contribution in [0.15, 0.2) is 42.5 Å². The Kier molecular flexibility index (Phi) is 6.66. The van der Waals surface area contributed by atoms with E-state index < -0.39 is 17.4 Å². The van der Waals surface area contributed by atoms with E-state index in [0.717, 1.165) is 4.90 Å². The van der Waals surface area contributed by atoms with Gasteiger partial charge in [-0.1, -0.05) is 0 Å². The lowest BCUT2D eigenvalue weighted by Gasteiger charge is -2.18. The molecule has 2 aromatic rings. The molecule has 1 heterocycles. The molecule has 1 aliphatic rings. The minimum absolute atomic E-state index is 0. The van der Waals surface area contributed by atoms with Gasteiger partial charge < -0.3 is 15.8 Å². The van der Waals surface area contributed by atoms with Crippen molar-refractivity contribution >= 4 is 35.8 Å². The van der Waals surface area contributed by atoms with Crippen molar-refractivity contribution < 1.29 is 19.1 Å². The summed E-state index contributed by atoms with van der Waals surface area (Å²) in [6.45, 7) is 6.28. The summed E-state index contributed by atoms with van der Waals surface area (Å²) in [6.07, 6.45) is 0. The summed E-state index contributed by atoms with van der Waals surface area (Å²) in [7, 11) is 0. The Morgan fingerprint density at radius 2 is 1.69 bits per heavy atom. The van der Waals surface area contributed by atoms with Gasteiger partial charge in [-0.25, -0.2) is 4.90 Å². The number of nitrogens with zero attached hydrogens (tertiary/aromatic N) is 1. The van der Waals surface area contributed by atoms with Crippen LogP contribution in [-0.2, 0) is 0 Å². The molecule has 0 unspecified atom stereocenters. The maximum absolute atomic E-state index is 12.8. The zero-order valence-electron chi connectivity index (χ0n) is 16.5. The summed E-state index contributed by atoms with van der Waals surface area (Å²) in [5, 5.41) is 2.73. The topological polar surface area (TPSA) is 102 Å². The highest BCUT2D eigenvalue weighted by Crippen LogP contribution is 2.30. The lowest BCUT2D eigenvalue weighted by Crippen LogP contribution is -2.45. The first kappa shape index (κ1) is 22.4. The number of nitrogens with two attached hydrogens (primary N) is 1. The zero-order valence-corrected chi connectivity index (χ0v) is 17.3. The SMILES string of the molecule is CCOc1ccc(N2C(=O)c3ccc(C(=O)NCC(C)(C)N)cc3C2=O)cc1.Cl. The largest absolute Gasteiger partial charge is 0.494 e. The molecule has 3 N–H and O–H groups in total. The van der Waals surface area contributed by atoms with Gasteiger partial charge in [-0.05, 0) is 63.2 Å². The third-order valence-electron chi connectivity index (χ3n) is 4.26. The summed E-state index contributed by atoms with van der Waals surface area (Å²) >= 11 is 0. The van der Waals surface area contributed by atoms with Gasteiger partial charge in [-0.3, -0.25) is 14.4 Å². The lowest BCUT2D eigenvalue weighted by atomic mass is 10.0. The molecule has 0 radical (unpaired) electrons. The van der Waals surface area contributed by atoms with Crippen molar-refractivity contribution in [2.24, 2.45) is 5.73 Å². The molecule has 29 heavy (non-hydrogen) atoms. The van der Waals surface area contributed by atoms with Gasteiger partial charge in [0, 0.05) is 17.6 Å². The molecule has 3 rings (SSSR count). The van der Waals surface area contributed by atoms with Crippen molar-refractivity contribution in [3.05, 3.63) is 59.2 Å². The molecule has 0 atom stereocenters. The molecule has 1 aliphatic heterocycles. The van der Waals surface area contributed by atoms with Crippen LogP contribution in [0.3, 0.4) is 0 Å². The third-order valence-corrected chi connectivity index (χ3v) is 4.26. The molecule has 2 aromatic carbocycles. The van der Waals surface area contributed by atoms with Crippen LogP contribution in [0.1, 0.15) is 51.8 Å². The molecule has 154 valence electrons. The van der Waals surface area contributed by atoms with Gasteiger partial charge in [-0.2, -0.15) is 0 Å². The maximum atomic E-state index is 12.8. The van der Waals surface area contributed by atoms with E-state index in [1.807, 2.05) is 6.92 Å². The molecule has 0 bridgehead atoms. The van der Waals surface area contributed by atoms with Crippen LogP contribution in [-0.4, -0.2) is 36.4 Å². The second-order valence-electron chi connectivity index (χ2n) is 7.30. The predicted molar refractivity (Wildman–Crippen MR) is 113 cm³/mol. The number of halogens is 1. The maximum Gasteiger partial charge on any atom is 0.266 e. The molecule has 8 heteroatoms. The number of amides is 3. The lowest BCUT2D eigenvalue weighted by molar-refractivity contribution is 0.0923. The van der Waals surface area contributed by atoms with Crippen LogP contribution in [0.2, 0.25) is 0 Å². The van der Waals surface area contributed by atoms with Crippen LogP contribution in [0.25, 0.3) is 0 Å². The highest BCUT2D eigenvalue weighted by atomic mass is 35.5. The first-order valence-electron chi connectivity index (χ1n) is 9.04. The highest BCUT2D eigenvalue weighted by Gasteiger charge is 2.37. The van der Waals surface area contributed by atoms with E-state index in [-0.39, 0.29) is 36.0 Å². The van der Waals surface area contributed by atoms with E-state index in [1.54, 1.807) is 38.1 Å². The Balaban J connectivity index is 0.00000300.